The lowest BCUT2D eigenvalue weighted by molar-refractivity contribution is 0.0224. The van der Waals surface area contributed by atoms with Gasteiger partial charge in [0.15, 0.2) is 5.60 Å². The van der Waals surface area contributed by atoms with Crippen molar-refractivity contribution in [3.05, 3.63) is 113 Å². The van der Waals surface area contributed by atoms with Crippen molar-refractivity contribution in [2.24, 2.45) is 0 Å². The van der Waals surface area contributed by atoms with Crippen molar-refractivity contribution < 1.29 is 19.0 Å². The van der Waals surface area contributed by atoms with Crippen molar-refractivity contribution in [2.75, 3.05) is 29.9 Å². The first-order chi connectivity index (χ1) is 19.2. The van der Waals surface area contributed by atoms with E-state index in [1.807, 2.05) is 72.8 Å². The van der Waals surface area contributed by atoms with Crippen molar-refractivity contribution in [2.45, 2.75) is 31.5 Å². The second-order valence-electron chi connectivity index (χ2n) is 10.3. The van der Waals surface area contributed by atoms with E-state index < -0.39 is 5.60 Å². The van der Waals surface area contributed by atoms with E-state index >= 15 is 0 Å². The maximum Gasteiger partial charge on any atom is 0.340 e. The number of ether oxygens (including phenoxy) is 3. The predicted molar refractivity (Wildman–Crippen MR) is 151 cm³/mol. The van der Waals surface area contributed by atoms with E-state index in [1.165, 1.54) is 0 Å². The number of fused-ring (bicyclic) bond motifs is 6. The van der Waals surface area contributed by atoms with Crippen LogP contribution < -0.4 is 15.0 Å². The molecule has 0 amide bonds. The van der Waals surface area contributed by atoms with Crippen molar-refractivity contribution in [1.82, 2.24) is 0 Å². The molecule has 4 aromatic carbocycles. The SMILES string of the molecule is CCN(CC1CCCO1)c1ccc2c(c1)Oc1ccc(Nc3ccccc3)cc1C21OC(=O)c2ccccc21. The van der Waals surface area contributed by atoms with Crippen LogP contribution in [0.25, 0.3) is 0 Å². The molecule has 2 unspecified atom stereocenters. The molecule has 1 N–H and O–H groups in total. The fourth-order valence-corrected chi connectivity index (χ4v) is 6.08. The molecule has 6 nitrogen and oxygen atoms in total. The van der Waals surface area contributed by atoms with Crippen molar-refractivity contribution in [3.63, 3.8) is 0 Å². The van der Waals surface area contributed by atoms with Gasteiger partial charge in [-0.15, -0.1) is 0 Å². The summed E-state index contributed by atoms with van der Waals surface area (Å²) in [6, 6.07) is 29.9. The van der Waals surface area contributed by atoms with Crippen LogP contribution in [-0.4, -0.2) is 31.8 Å². The van der Waals surface area contributed by atoms with Gasteiger partial charge in [0.1, 0.15) is 11.5 Å². The van der Waals surface area contributed by atoms with Gasteiger partial charge in [-0.05, 0) is 68.3 Å². The van der Waals surface area contributed by atoms with E-state index in [2.05, 4.69) is 35.3 Å². The molecule has 1 spiro atoms. The molecule has 0 bridgehead atoms. The van der Waals surface area contributed by atoms with Gasteiger partial charge in [-0.3, -0.25) is 0 Å². The number of benzene rings is 4. The molecule has 1 fully saturated rings. The molecule has 4 aromatic rings. The molecule has 196 valence electrons. The number of nitrogens with zero attached hydrogens (tertiary/aromatic N) is 1. The summed E-state index contributed by atoms with van der Waals surface area (Å²) in [6.45, 7) is 4.68. The van der Waals surface area contributed by atoms with E-state index in [0.717, 1.165) is 66.3 Å². The van der Waals surface area contributed by atoms with Crippen molar-refractivity contribution in [1.29, 1.82) is 0 Å². The number of hydrogen-bond donors (Lipinski definition) is 1. The van der Waals surface area contributed by atoms with Crippen LogP contribution in [0.5, 0.6) is 11.5 Å². The normalized spacial score (nSPS) is 20.5. The summed E-state index contributed by atoms with van der Waals surface area (Å²) in [5.74, 6) is 1.03. The van der Waals surface area contributed by atoms with Crippen molar-refractivity contribution >= 4 is 23.0 Å². The molecule has 3 aliphatic heterocycles. The number of nitrogens with one attached hydrogen (secondary N) is 1. The number of carbonyl (C=O) groups excluding carboxylic acids is 1. The fourth-order valence-electron chi connectivity index (χ4n) is 6.08. The lowest BCUT2D eigenvalue weighted by Gasteiger charge is -2.37. The number of carbonyl (C=O) groups is 1. The zero-order valence-electron chi connectivity index (χ0n) is 21.9. The Labute approximate surface area is 228 Å². The van der Waals surface area contributed by atoms with Crippen LogP contribution in [0.3, 0.4) is 0 Å². The number of anilines is 3. The highest BCUT2D eigenvalue weighted by Gasteiger charge is 2.53. The Morgan fingerprint density at radius 1 is 0.872 bits per heavy atom. The van der Waals surface area contributed by atoms with Crippen LogP contribution in [0.4, 0.5) is 17.1 Å². The third-order valence-corrected chi connectivity index (χ3v) is 7.95. The highest BCUT2D eigenvalue weighted by molar-refractivity contribution is 5.97. The molecule has 7 rings (SSSR count). The first kappa shape index (κ1) is 23.8. The minimum atomic E-state index is -1.10. The molecule has 0 aliphatic carbocycles. The maximum absolute atomic E-state index is 13.2. The van der Waals surface area contributed by atoms with Gasteiger partial charge in [0.05, 0.1) is 11.7 Å². The average Bonchev–Trinajstić information content (AvgIpc) is 3.59. The summed E-state index contributed by atoms with van der Waals surface area (Å²) in [5, 5.41) is 3.47. The lowest BCUT2D eigenvalue weighted by Crippen LogP contribution is -2.34. The van der Waals surface area contributed by atoms with Gasteiger partial charge in [0.25, 0.3) is 0 Å². The van der Waals surface area contributed by atoms with Crippen LogP contribution >= 0.6 is 0 Å². The van der Waals surface area contributed by atoms with E-state index in [1.54, 1.807) is 0 Å². The summed E-state index contributed by atoms with van der Waals surface area (Å²) in [7, 11) is 0. The molecule has 39 heavy (non-hydrogen) atoms. The quantitative estimate of drug-likeness (QED) is 0.277. The molecular weight excluding hydrogens is 488 g/mol. The first-order valence-electron chi connectivity index (χ1n) is 13.6. The molecule has 0 saturated carbocycles. The third kappa shape index (κ3) is 3.94. The summed E-state index contributed by atoms with van der Waals surface area (Å²) in [5.41, 5.74) is 4.85. The number of hydrogen-bond acceptors (Lipinski definition) is 6. The Bertz CT molecular complexity index is 1550. The zero-order valence-corrected chi connectivity index (χ0v) is 21.9. The standard InChI is InChI=1S/C33H30N2O4/c1-2-35(21-25-11-8-18-37-25)24-15-16-28-31(20-24)38-30-17-14-23(34-22-9-4-3-5-10-22)19-29(30)33(28)27-13-7-6-12-26(27)32(36)39-33/h3-7,9-10,12-17,19-20,25,34H,2,8,11,18,21H2,1H3. The predicted octanol–water partition coefficient (Wildman–Crippen LogP) is 7.00. The Morgan fingerprint density at radius 2 is 1.72 bits per heavy atom. The van der Waals surface area contributed by atoms with E-state index in [9.17, 15) is 4.79 Å². The van der Waals surface area contributed by atoms with E-state index in [4.69, 9.17) is 14.2 Å². The second kappa shape index (κ2) is 9.47. The van der Waals surface area contributed by atoms with E-state index in [0.29, 0.717) is 17.1 Å². The van der Waals surface area contributed by atoms with Crippen LogP contribution in [0.15, 0.2) is 91.0 Å². The van der Waals surface area contributed by atoms with Crippen LogP contribution in [0.1, 0.15) is 46.8 Å². The Balaban J connectivity index is 1.35. The first-order valence-corrected chi connectivity index (χ1v) is 13.6. The lowest BCUT2D eigenvalue weighted by atomic mass is 9.77. The minimum absolute atomic E-state index is 0.243. The largest absolute Gasteiger partial charge is 0.456 e. The fraction of sp³-hybridized carbons (Fsp3) is 0.242. The van der Waals surface area contributed by atoms with Crippen molar-refractivity contribution in [3.8, 4) is 11.5 Å². The van der Waals surface area contributed by atoms with Gasteiger partial charge in [-0.2, -0.15) is 0 Å². The summed E-state index contributed by atoms with van der Waals surface area (Å²) < 4.78 is 18.8. The smallest absolute Gasteiger partial charge is 0.340 e. The van der Waals surface area contributed by atoms with Gasteiger partial charge < -0.3 is 24.4 Å². The summed E-state index contributed by atoms with van der Waals surface area (Å²) in [4.78, 5) is 15.6. The number of likely N-dealkylation sites (N-methyl/N-ethyl adjacent to an activating group) is 1. The Morgan fingerprint density at radius 3 is 2.54 bits per heavy atom. The molecule has 3 aliphatic rings. The topological polar surface area (TPSA) is 60.0 Å². The van der Waals surface area contributed by atoms with Crippen LogP contribution in [0.2, 0.25) is 0 Å². The average molecular weight is 519 g/mol. The van der Waals surface area contributed by atoms with Gasteiger partial charge in [0, 0.05) is 59.5 Å². The molecule has 0 aromatic heterocycles. The summed E-state index contributed by atoms with van der Waals surface area (Å²) >= 11 is 0. The minimum Gasteiger partial charge on any atom is -0.456 e. The Hall–Kier alpha value is -4.29. The zero-order chi connectivity index (χ0) is 26.4. The second-order valence-corrected chi connectivity index (χ2v) is 10.3. The summed E-state index contributed by atoms with van der Waals surface area (Å²) in [6.07, 6.45) is 2.44. The van der Waals surface area contributed by atoms with Crippen LogP contribution in [0, 0.1) is 0 Å². The molecule has 2 atom stereocenters. The maximum atomic E-state index is 13.2. The van der Waals surface area contributed by atoms with Gasteiger partial charge in [-0.1, -0.05) is 36.4 Å². The third-order valence-electron chi connectivity index (χ3n) is 7.95. The molecule has 1 saturated heterocycles. The van der Waals surface area contributed by atoms with Gasteiger partial charge in [0.2, 0.25) is 0 Å². The molecule has 3 heterocycles. The van der Waals surface area contributed by atoms with E-state index in [-0.39, 0.29) is 12.1 Å². The Kier molecular flexibility index (Phi) is 5.78. The highest BCUT2D eigenvalue weighted by atomic mass is 16.6. The number of rotatable bonds is 6. The van der Waals surface area contributed by atoms with Gasteiger partial charge >= 0.3 is 5.97 Å². The number of esters is 1. The molecular formula is C33H30N2O4. The van der Waals surface area contributed by atoms with Crippen LogP contribution in [-0.2, 0) is 15.1 Å². The molecule has 6 heteroatoms. The molecule has 0 radical (unpaired) electrons. The van der Waals surface area contributed by atoms with Gasteiger partial charge in [-0.25, -0.2) is 4.79 Å². The highest BCUT2D eigenvalue weighted by Crippen LogP contribution is 2.57. The number of para-hydroxylation sites is 1. The monoisotopic (exact) mass is 518 g/mol.